The van der Waals surface area contributed by atoms with Crippen LogP contribution in [0.15, 0.2) is 32.8 Å². The van der Waals surface area contributed by atoms with Gasteiger partial charge in [-0.05, 0) is 24.6 Å². The van der Waals surface area contributed by atoms with Crippen molar-refractivity contribution in [2.24, 2.45) is 0 Å². The molecular weight excluding hydrogens is 398 g/mol. The number of rotatable bonds is 9. The Hall–Kier alpha value is -1.91. The summed E-state index contributed by atoms with van der Waals surface area (Å²) in [6, 6.07) is 5.11. The maximum atomic E-state index is 12.4. The lowest BCUT2D eigenvalue weighted by atomic mass is 10.3. The fourth-order valence-electron chi connectivity index (χ4n) is 2.72. The Bertz CT molecular complexity index is 1060. The van der Waals surface area contributed by atoms with Gasteiger partial charge in [0, 0.05) is 27.1 Å². The van der Waals surface area contributed by atoms with E-state index in [2.05, 4.69) is 21.6 Å². The molecule has 0 saturated heterocycles. The molecule has 0 spiro atoms. The normalized spacial score (nSPS) is 12.3. The molecule has 1 aromatic carbocycles. The molecule has 0 fully saturated rings. The van der Waals surface area contributed by atoms with Gasteiger partial charge >= 0.3 is 0 Å². The molecule has 2 heterocycles. The van der Waals surface area contributed by atoms with Crippen molar-refractivity contribution in [1.82, 2.24) is 24.0 Å². The third kappa shape index (κ3) is 4.23. The second-order valence-corrected chi connectivity index (χ2v) is 9.68. The Kier molecular flexibility index (Phi) is 6.41. The van der Waals surface area contributed by atoms with E-state index in [4.69, 9.17) is 9.51 Å². The van der Waals surface area contributed by atoms with Gasteiger partial charge < -0.3 is 9.09 Å². The molecular formula is C18H25N5O3S2. The van der Waals surface area contributed by atoms with E-state index in [0.29, 0.717) is 23.0 Å². The lowest BCUT2D eigenvalue weighted by molar-refractivity contribution is 0.385. The molecule has 0 aliphatic carbocycles. The summed E-state index contributed by atoms with van der Waals surface area (Å²) < 4.78 is 33.5. The minimum atomic E-state index is -3.50. The van der Waals surface area contributed by atoms with Crippen molar-refractivity contribution in [2.45, 2.75) is 55.5 Å². The van der Waals surface area contributed by atoms with E-state index in [1.807, 2.05) is 13.0 Å². The summed E-state index contributed by atoms with van der Waals surface area (Å²) in [5.41, 5.74) is 1.59. The predicted molar refractivity (Wildman–Crippen MR) is 109 cm³/mol. The zero-order chi connectivity index (χ0) is 20.3. The topological polar surface area (TPSA) is 94.1 Å². The van der Waals surface area contributed by atoms with Crippen LogP contribution in [-0.4, -0.2) is 46.5 Å². The number of fused-ring (bicyclic) bond motifs is 1. The summed E-state index contributed by atoms with van der Waals surface area (Å²) >= 11 is 1.52. The highest BCUT2D eigenvalue weighted by Gasteiger charge is 2.20. The molecule has 3 rings (SSSR count). The minimum absolute atomic E-state index is 0.242. The predicted octanol–water partition coefficient (Wildman–Crippen LogP) is 3.32. The first kappa shape index (κ1) is 20.8. The number of aromatic nitrogens is 4. The van der Waals surface area contributed by atoms with Crippen LogP contribution in [0.1, 0.15) is 38.4 Å². The highest BCUT2D eigenvalue weighted by molar-refractivity contribution is 7.98. The Labute approximate surface area is 169 Å². The second-order valence-electron chi connectivity index (χ2n) is 6.58. The van der Waals surface area contributed by atoms with Gasteiger partial charge in [0.25, 0.3) is 0 Å². The molecule has 0 saturated carbocycles. The van der Waals surface area contributed by atoms with Crippen LogP contribution in [0, 0.1) is 0 Å². The van der Waals surface area contributed by atoms with Gasteiger partial charge in [-0.15, -0.1) is 0 Å². The Morgan fingerprint density at radius 2 is 2.00 bits per heavy atom. The van der Waals surface area contributed by atoms with Gasteiger partial charge in [0.15, 0.2) is 11.0 Å². The molecule has 10 heteroatoms. The van der Waals surface area contributed by atoms with Crippen LogP contribution in [-0.2, 0) is 28.7 Å². The average Bonchev–Trinajstić information content (AvgIpc) is 3.27. The van der Waals surface area contributed by atoms with E-state index in [9.17, 15) is 8.42 Å². The lowest BCUT2D eigenvalue weighted by Gasteiger charge is -2.11. The summed E-state index contributed by atoms with van der Waals surface area (Å²) in [4.78, 5) is 9.27. The SMILES string of the molecule is CCCCn1c(SCc2nc(CC)no2)nc2cc(S(=O)(=O)N(C)C)ccc21. The first-order valence-electron chi connectivity index (χ1n) is 9.23. The Morgan fingerprint density at radius 3 is 2.64 bits per heavy atom. The summed E-state index contributed by atoms with van der Waals surface area (Å²) in [5.74, 6) is 1.77. The van der Waals surface area contributed by atoms with Crippen molar-refractivity contribution in [2.75, 3.05) is 14.1 Å². The molecule has 0 unspecified atom stereocenters. The van der Waals surface area contributed by atoms with E-state index in [1.165, 1.54) is 30.2 Å². The summed E-state index contributed by atoms with van der Waals surface area (Å²) in [7, 11) is -0.453. The van der Waals surface area contributed by atoms with Crippen molar-refractivity contribution in [3.8, 4) is 0 Å². The first-order valence-corrected chi connectivity index (χ1v) is 11.7. The number of unbranched alkanes of at least 4 members (excludes halogenated alkanes) is 1. The van der Waals surface area contributed by atoms with Gasteiger partial charge in [0.05, 0.1) is 21.7 Å². The van der Waals surface area contributed by atoms with Gasteiger partial charge in [-0.1, -0.05) is 37.2 Å². The standard InChI is InChI=1S/C18H25N5O3S2/c1-5-7-10-23-15-9-8-13(28(24,25)22(3)4)11-14(15)19-18(23)27-12-17-20-16(6-2)21-26-17/h8-9,11H,5-7,10,12H2,1-4H3. The molecule has 0 amide bonds. The number of sulfonamides is 1. The van der Waals surface area contributed by atoms with Gasteiger partial charge in [-0.2, -0.15) is 4.98 Å². The van der Waals surface area contributed by atoms with E-state index in [1.54, 1.807) is 12.1 Å². The summed E-state index contributed by atoms with van der Waals surface area (Å²) in [6.07, 6.45) is 2.80. The van der Waals surface area contributed by atoms with E-state index in [0.717, 1.165) is 36.5 Å². The third-order valence-corrected chi connectivity index (χ3v) is 7.12. The summed E-state index contributed by atoms with van der Waals surface area (Å²) in [6.45, 7) is 4.93. The molecule has 8 nitrogen and oxygen atoms in total. The molecule has 0 bridgehead atoms. The molecule has 0 atom stereocenters. The number of hydrogen-bond acceptors (Lipinski definition) is 7. The average molecular weight is 424 g/mol. The van der Waals surface area contributed by atoms with Gasteiger partial charge in [-0.3, -0.25) is 0 Å². The quantitative estimate of drug-likeness (QED) is 0.487. The number of aryl methyl sites for hydroxylation is 2. The van der Waals surface area contributed by atoms with E-state index >= 15 is 0 Å². The maximum absolute atomic E-state index is 12.4. The molecule has 152 valence electrons. The number of thioether (sulfide) groups is 1. The smallest absolute Gasteiger partial charge is 0.242 e. The fraction of sp³-hybridized carbons (Fsp3) is 0.500. The fourth-order valence-corrected chi connectivity index (χ4v) is 4.52. The van der Waals surface area contributed by atoms with Gasteiger partial charge in [-0.25, -0.2) is 17.7 Å². The largest absolute Gasteiger partial charge is 0.338 e. The highest BCUT2D eigenvalue weighted by atomic mass is 32.2. The zero-order valence-corrected chi connectivity index (χ0v) is 18.2. The van der Waals surface area contributed by atoms with Crippen molar-refractivity contribution in [3.05, 3.63) is 29.9 Å². The first-order chi connectivity index (χ1) is 13.4. The van der Waals surface area contributed by atoms with Crippen LogP contribution in [0.4, 0.5) is 0 Å². The molecule has 0 N–H and O–H groups in total. The highest BCUT2D eigenvalue weighted by Crippen LogP contribution is 2.29. The number of hydrogen-bond donors (Lipinski definition) is 0. The Morgan fingerprint density at radius 1 is 1.21 bits per heavy atom. The third-order valence-electron chi connectivity index (χ3n) is 4.35. The van der Waals surface area contributed by atoms with Gasteiger partial charge in [0.2, 0.25) is 15.9 Å². The molecule has 0 aliphatic heterocycles. The zero-order valence-electron chi connectivity index (χ0n) is 16.5. The monoisotopic (exact) mass is 423 g/mol. The van der Waals surface area contributed by atoms with Crippen LogP contribution in [0.2, 0.25) is 0 Å². The van der Waals surface area contributed by atoms with E-state index < -0.39 is 10.0 Å². The van der Waals surface area contributed by atoms with Gasteiger partial charge in [0.1, 0.15) is 0 Å². The summed E-state index contributed by atoms with van der Waals surface area (Å²) in [5, 5.41) is 4.74. The second kappa shape index (κ2) is 8.62. The molecule has 0 aliphatic rings. The minimum Gasteiger partial charge on any atom is -0.338 e. The van der Waals surface area contributed by atoms with Crippen molar-refractivity contribution in [1.29, 1.82) is 0 Å². The molecule has 0 radical (unpaired) electrons. The molecule has 2 aromatic heterocycles. The number of nitrogens with zero attached hydrogens (tertiary/aromatic N) is 5. The van der Waals surface area contributed by atoms with Crippen LogP contribution >= 0.6 is 11.8 Å². The van der Waals surface area contributed by atoms with Crippen molar-refractivity contribution < 1.29 is 12.9 Å². The Balaban J connectivity index is 1.95. The van der Waals surface area contributed by atoms with Crippen LogP contribution < -0.4 is 0 Å². The molecule has 28 heavy (non-hydrogen) atoms. The molecule has 3 aromatic rings. The van der Waals surface area contributed by atoms with E-state index in [-0.39, 0.29) is 4.90 Å². The lowest BCUT2D eigenvalue weighted by Crippen LogP contribution is -2.22. The van der Waals surface area contributed by atoms with Crippen LogP contribution in [0.25, 0.3) is 11.0 Å². The van der Waals surface area contributed by atoms with Crippen molar-refractivity contribution in [3.63, 3.8) is 0 Å². The maximum Gasteiger partial charge on any atom is 0.242 e. The van der Waals surface area contributed by atoms with Crippen molar-refractivity contribution >= 4 is 32.8 Å². The van der Waals surface area contributed by atoms with Crippen LogP contribution in [0.3, 0.4) is 0 Å². The van der Waals surface area contributed by atoms with Crippen LogP contribution in [0.5, 0.6) is 0 Å². The number of imidazole rings is 1. The number of benzene rings is 1.